The topological polar surface area (TPSA) is 74.7 Å². The van der Waals surface area contributed by atoms with Gasteiger partial charge < -0.3 is 10.0 Å². The Morgan fingerprint density at radius 2 is 2.00 bits per heavy atom. The van der Waals surface area contributed by atoms with E-state index in [2.05, 4.69) is 0 Å². The summed E-state index contributed by atoms with van der Waals surface area (Å²) in [5.74, 6) is -2.40. The summed E-state index contributed by atoms with van der Waals surface area (Å²) >= 11 is 0. The maximum absolute atomic E-state index is 11.3. The van der Waals surface area contributed by atoms with Crippen molar-refractivity contribution in [2.75, 3.05) is 13.1 Å². The predicted molar refractivity (Wildman–Crippen MR) is 54.9 cm³/mol. The zero-order valence-electron chi connectivity index (χ0n) is 8.43. The first-order chi connectivity index (χ1) is 6.52. The van der Waals surface area contributed by atoms with Gasteiger partial charge in [-0.25, -0.2) is 0 Å². The molecule has 6 heteroatoms. The van der Waals surface area contributed by atoms with Gasteiger partial charge in [-0.3, -0.25) is 14.4 Å². The zero-order valence-corrected chi connectivity index (χ0v) is 9.25. The van der Waals surface area contributed by atoms with Crippen LogP contribution >= 0.6 is 12.4 Å². The van der Waals surface area contributed by atoms with Gasteiger partial charge in [-0.2, -0.15) is 0 Å². The van der Waals surface area contributed by atoms with Gasteiger partial charge in [0, 0.05) is 26.4 Å². The van der Waals surface area contributed by atoms with Gasteiger partial charge >= 0.3 is 5.97 Å². The van der Waals surface area contributed by atoms with E-state index in [4.69, 9.17) is 5.11 Å². The molecule has 1 aliphatic rings. The number of amides is 1. The predicted octanol–water partition coefficient (Wildman–Crippen LogP) is 0.320. The molecule has 1 fully saturated rings. The lowest BCUT2D eigenvalue weighted by atomic mass is 10.00. The largest absolute Gasteiger partial charge is 0.481 e. The van der Waals surface area contributed by atoms with Crippen LogP contribution in [0.3, 0.4) is 0 Å². The van der Waals surface area contributed by atoms with E-state index < -0.39 is 11.9 Å². The zero-order chi connectivity index (χ0) is 10.7. The molecule has 1 saturated heterocycles. The summed E-state index contributed by atoms with van der Waals surface area (Å²) in [6, 6.07) is 0. The molecule has 0 spiro atoms. The summed E-state index contributed by atoms with van der Waals surface area (Å²) < 4.78 is 0. The van der Waals surface area contributed by atoms with Crippen molar-refractivity contribution in [3.63, 3.8) is 0 Å². The number of hydrogen-bond donors (Lipinski definition) is 1. The number of carbonyl (C=O) groups is 3. The van der Waals surface area contributed by atoms with Crippen LogP contribution in [0.15, 0.2) is 0 Å². The number of aliphatic carboxylic acids is 1. The number of likely N-dealkylation sites (tertiary alicyclic amines) is 1. The molecule has 0 aliphatic carbocycles. The molecule has 1 aliphatic heterocycles. The van der Waals surface area contributed by atoms with Crippen LogP contribution in [0.4, 0.5) is 0 Å². The molecule has 86 valence electrons. The molecule has 0 aromatic carbocycles. The van der Waals surface area contributed by atoms with E-state index >= 15 is 0 Å². The fraction of sp³-hybridized carbons (Fsp3) is 0.667. The minimum Gasteiger partial charge on any atom is -0.481 e. The van der Waals surface area contributed by atoms with Gasteiger partial charge in [0.1, 0.15) is 11.7 Å². The van der Waals surface area contributed by atoms with Crippen molar-refractivity contribution in [1.29, 1.82) is 0 Å². The molecule has 0 aromatic heterocycles. The molecule has 15 heavy (non-hydrogen) atoms. The summed E-state index contributed by atoms with van der Waals surface area (Å²) in [6.45, 7) is 2.13. The van der Waals surface area contributed by atoms with E-state index in [0.29, 0.717) is 13.1 Å². The molecule has 1 unspecified atom stereocenters. The number of carbonyl (C=O) groups excluding carboxylic acids is 2. The van der Waals surface area contributed by atoms with Crippen molar-refractivity contribution in [2.45, 2.75) is 19.8 Å². The molecule has 5 nitrogen and oxygen atoms in total. The molecule has 1 amide bonds. The van der Waals surface area contributed by atoms with Crippen LogP contribution in [0, 0.1) is 5.92 Å². The first-order valence-electron chi connectivity index (χ1n) is 4.53. The van der Waals surface area contributed by atoms with Crippen molar-refractivity contribution >= 4 is 30.1 Å². The SMILES string of the molecule is CC(=O)N1CCC(=O)C(C(=O)O)CC1.Cl. The Labute approximate surface area is 93.8 Å². The summed E-state index contributed by atoms with van der Waals surface area (Å²) in [6.07, 6.45) is 0.379. The Balaban J connectivity index is 0.00000196. The van der Waals surface area contributed by atoms with E-state index in [-0.39, 0.29) is 36.9 Å². The minimum absolute atomic E-state index is 0. The van der Waals surface area contributed by atoms with Gasteiger partial charge in [0.25, 0.3) is 0 Å². The highest BCUT2D eigenvalue weighted by Crippen LogP contribution is 2.14. The molecule has 0 bridgehead atoms. The molecule has 1 heterocycles. The van der Waals surface area contributed by atoms with E-state index in [9.17, 15) is 14.4 Å². The first kappa shape index (κ1) is 13.9. The number of nitrogens with zero attached hydrogens (tertiary/aromatic N) is 1. The Morgan fingerprint density at radius 1 is 1.40 bits per heavy atom. The molecule has 1 atom stereocenters. The lowest BCUT2D eigenvalue weighted by molar-refractivity contribution is -0.146. The third-order valence-electron chi connectivity index (χ3n) is 2.45. The molecule has 1 N–H and O–H groups in total. The average Bonchev–Trinajstić information content (AvgIpc) is 2.26. The molecule has 0 saturated carbocycles. The molecule has 0 radical (unpaired) electrons. The van der Waals surface area contributed by atoms with E-state index in [1.165, 1.54) is 11.8 Å². The monoisotopic (exact) mass is 235 g/mol. The fourth-order valence-corrected chi connectivity index (χ4v) is 1.55. The highest BCUT2D eigenvalue weighted by molar-refractivity contribution is 5.98. The summed E-state index contributed by atoms with van der Waals surface area (Å²) in [4.78, 5) is 34.5. The van der Waals surface area contributed by atoms with Gasteiger partial charge in [-0.15, -0.1) is 12.4 Å². The number of hydrogen-bond acceptors (Lipinski definition) is 3. The number of halogens is 1. The highest BCUT2D eigenvalue weighted by atomic mass is 35.5. The van der Waals surface area contributed by atoms with E-state index in [1.54, 1.807) is 0 Å². The van der Waals surface area contributed by atoms with Crippen molar-refractivity contribution in [2.24, 2.45) is 5.92 Å². The molecular formula is C9H14ClNO4. The van der Waals surface area contributed by atoms with Crippen LogP contribution in [0.25, 0.3) is 0 Å². The quantitative estimate of drug-likeness (QED) is 0.665. The van der Waals surface area contributed by atoms with Crippen molar-refractivity contribution in [1.82, 2.24) is 4.90 Å². The van der Waals surface area contributed by atoms with Gasteiger partial charge in [-0.05, 0) is 6.42 Å². The molecule has 0 aromatic rings. The van der Waals surface area contributed by atoms with Crippen molar-refractivity contribution in [3.8, 4) is 0 Å². The van der Waals surface area contributed by atoms with Gasteiger partial charge in [0.05, 0.1) is 0 Å². The first-order valence-corrected chi connectivity index (χ1v) is 4.53. The van der Waals surface area contributed by atoms with Crippen LogP contribution in [0.5, 0.6) is 0 Å². The number of rotatable bonds is 1. The summed E-state index contributed by atoms with van der Waals surface area (Å²) in [7, 11) is 0. The van der Waals surface area contributed by atoms with Crippen LogP contribution in [-0.4, -0.2) is 40.8 Å². The third kappa shape index (κ3) is 3.51. The van der Waals surface area contributed by atoms with Crippen molar-refractivity contribution in [3.05, 3.63) is 0 Å². The smallest absolute Gasteiger partial charge is 0.314 e. The second-order valence-electron chi connectivity index (χ2n) is 3.40. The molecular weight excluding hydrogens is 222 g/mol. The van der Waals surface area contributed by atoms with Crippen LogP contribution in [0.1, 0.15) is 19.8 Å². The number of carboxylic acid groups (broad SMARTS) is 1. The van der Waals surface area contributed by atoms with Crippen LogP contribution < -0.4 is 0 Å². The standard InChI is InChI=1S/C9H13NO4.ClH/c1-6(11)10-4-2-7(9(13)14)8(12)3-5-10;/h7H,2-5H2,1H3,(H,13,14);1H. The Morgan fingerprint density at radius 3 is 2.47 bits per heavy atom. The summed E-state index contributed by atoms with van der Waals surface area (Å²) in [5.41, 5.74) is 0. The lowest BCUT2D eigenvalue weighted by Crippen LogP contribution is -2.29. The van der Waals surface area contributed by atoms with Gasteiger partial charge in [0.2, 0.25) is 5.91 Å². The summed E-state index contributed by atoms with van der Waals surface area (Å²) in [5, 5.41) is 8.73. The van der Waals surface area contributed by atoms with Crippen LogP contribution in [-0.2, 0) is 14.4 Å². The number of carboxylic acids is 1. The average molecular weight is 236 g/mol. The Kier molecular flexibility index (Phi) is 5.28. The van der Waals surface area contributed by atoms with E-state index in [0.717, 1.165) is 0 Å². The molecule has 1 rings (SSSR count). The Bertz CT molecular complexity index is 279. The normalized spacial score (nSPS) is 21.5. The lowest BCUT2D eigenvalue weighted by Gasteiger charge is -2.17. The Hall–Kier alpha value is -1.10. The van der Waals surface area contributed by atoms with E-state index in [1.807, 2.05) is 0 Å². The highest BCUT2D eigenvalue weighted by Gasteiger charge is 2.30. The maximum Gasteiger partial charge on any atom is 0.314 e. The van der Waals surface area contributed by atoms with Crippen molar-refractivity contribution < 1.29 is 19.5 Å². The number of Topliss-reactive ketones (excluding diaryl/α,β-unsaturated/α-hetero) is 1. The van der Waals surface area contributed by atoms with Gasteiger partial charge in [0.15, 0.2) is 0 Å². The fourth-order valence-electron chi connectivity index (χ4n) is 1.55. The third-order valence-corrected chi connectivity index (χ3v) is 2.45. The second-order valence-corrected chi connectivity index (χ2v) is 3.40. The minimum atomic E-state index is -1.08. The maximum atomic E-state index is 11.3. The van der Waals surface area contributed by atoms with Gasteiger partial charge in [-0.1, -0.05) is 0 Å². The second kappa shape index (κ2) is 5.70. The number of ketones is 1. The van der Waals surface area contributed by atoms with Crippen LogP contribution in [0.2, 0.25) is 0 Å².